The highest BCUT2D eigenvalue weighted by Gasteiger charge is 2.57. The van der Waals surface area contributed by atoms with Gasteiger partial charge in [-0.25, -0.2) is 8.78 Å². The molecule has 10 heteroatoms. The molecule has 0 aromatic heterocycles. The first-order valence-electron chi connectivity index (χ1n) is 12.4. The highest BCUT2D eigenvalue weighted by Crippen LogP contribution is 2.55. The number of alkyl halides is 5. The van der Waals surface area contributed by atoms with E-state index < -0.39 is 66.1 Å². The molecule has 37 heavy (non-hydrogen) atoms. The Bertz CT molecular complexity index is 1200. The fraction of sp³-hybridized carbons (Fsp3) is 0.519. The van der Waals surface area contributed by atoms with E-state index in [9.17, 15) is 26.7 Å². The van der Waals surface area contributed by atoms with Gasteiger partial charge in [-0.3, -0.25) is 4.79 Å². The van der Waals surface area contributed by atoms with Crippen LogP contribution in [0.3, 0.4) is 0 Å². The van der Waals surface area contributed by atoms with Gasteiger partial charge < -0.3 is 14.6 Å². The van der Waals surface area contributed by atoms with Gasteiger partial charge in [0.1, 0.15) is 5.41 Å². The maximum Gasteiger partial charge on any atom is 0.494 e. The molecule has 0 spiro atoms. The second-order valence-corrected chi connectivity index (χ2v) is 11.3. The molecule has 0 bridgehead atoms. The molecular weight excluding hydrogens is 492 g/mol. The molecule has 4 nitrogen and oxygen atoms in total. The van der Waals surface area contributed by atoms with E-state index in [4.69, 9.17) is 9.31 Å². The Labute approximate surface area is 213 Å². The Balaban J connectivity index is 1.61. The summed E-state index contributed by atoms with van der Waals surface area (Å²) in [4.78, 5) is 13.7. The lowest BCUT2D eigenvalue weighted by Gasteiger charge is -2.40. The van der Waals surface area contributed by atoms with Crippen molar-refractivity contribution in [2.24, 2.45) is 5.92 Å². The maximum atomic E-state index is 14.1. The summed E-state index contributed by atoms with van der Waals surface area (Å²) >= 11 is 0. The van der Waals surface area contributed by atoms with E-state index in [-0.39, 0.29) is 24.1 Å². The number of nitrogens with one attached hydrogen (secondary N) is 1. The Morgan fingerprint density at radius 3 is 2.03 bits per heavy atom. The van der Waals surface area contributed by atoms with Gasteiger partial charge >= 0.3 is 13.3 Å². The zero-order chi connectivity index (χ0) is 27.0. The van der Waals surface area contributed by atoms with Crippen LogP contribution < -0.4 is 10.8 Å². The van der Waals surface area contributed by atoms with E-state index in [0.29, 0.717) is 11.0 Å². The summed E-state index contributed by atoms with van der Waals surface area (Å²) < 4.78 is 81.9. The van der Waals surface area contributed by atoms with Crippen LogP contribution in [0.4, 0.5) is 27.6 Å². The number of hydrogen-bond acceptors (Lipinski definition) is 3. The van der Waals surface area contributed by atoms with Gasteiger partial charge in [0, 0.05) is 12.8 Å². The molecule has 1 N–H and O–H groups in total. The first-order valence-corrected chi connectivity index (χ1v) is 12.4. The molecule has 3 aliphatic rings. The van der Waals surface area contributed by atoms with Crippen molar-refractivity contribution in [3.8, 4) is 0 Å². The van der Waals surface area contributed by atoms with Gasteiger partial charge in [-0.15, -0.1) is 0 Å². The highest BCUT2D eigenvalue weighted by atomic mass is 19.4. The summed E-state index contributed by atoms with van der Waals surface area (Å²) in [5.41, 5.74) is -2.59. The summed E-state index contributed by atoms with van der Waals surface area (Å²) in [6.07, 6.45) is -5.51. The summed E-state index contributed by atoms with van der Waals surface area (Å²) in [7, 11) is -0.662. The first kappa shape index (κ1) is 26.2. The number of para-hydroxylation sites is 1. The van der Waals surface area contributed by atoms with Crippen molar-refractivity contribution in [2.75, 3.05) is 5.32 Å². The van der Waals surface area contributed by atoms with Crippen molar-refractivity contribution in [3.05, 3.63) is 59.2 Å². The lowest BCUT2D eigenvalue weighted by molar-refractivity contribution is -0.136. The second kappa shape index (κ2) is 8.27. The van der Waals surface area contributed by atoms with Crippen molar-refractivity contribution in [2.45, 2.75) is 82.1 Å². The van der Waals surface area contributed by atoms with Crippen LogP contribution in [0.2, 0.25) is 0 Å². The van der Waals surface area contributed by atoms with E-state index in [1.807, 2.05) is 27.7 Å². The molecule has 1 saturated heterocycles. The SMILES string of the molecule is CC1(C)OB(c2ccc([C@]3(C4CCC(F)(F)CC4)C(=O)Nc4c(C(F)(F)F)cccc43)cc2)OC1(C)C. The van der Waals surface area contributed by atoms with Crippen LogP contribution >= 0.6 is 0 Å². The molecule has 2 aromatic rings. The van der Waals surface area contributed by atoms with Gasteiger partial charge in [-0.2, -0.15) is 13.2 Å². The molecule has 0 radical (unpaired) electrons. The Kier molecular flexibility index (Phi) is 5.85. The molecule has 1 aliphatic carbocycles. The third-order valence-electron chi connectivity index (χ3n) is 8.61. The van der Waals surface area contributed by atoms with Crippen LogP contribution in [0.15, 0.2) is 42.5 Å². The molecule has 2 aliphatic heterocycles. The van der Waals surface area contributed by atoms with Crippen LogP contribution in [0.5, 0.6) is 0 Å². The third-order valence-corrected chi connectivity index (χ3v) is 8.61. The Morgan fingerprint density at radius 1 is 0.919 bits per heavy atom. The predicted octanol–water partition coefficient (Wildman–Crippen LogP) is 6.07. The summed E-state index contributed by atoms with van der Waals surface area (Å²) in [6, 6.07) is 10.5. The van der Waals surface area contributed by atoms with Crippen molar-refractivity contribution in [3.63, 3.8) is 0 Å². The first-order chi connectivity index (χ1) is 17.1. The maximum absolute atomic E-state index is 14.1. The van der Waals surface area contributed by atoms with Crippen molar-refractivity contribution < 1.29 is 36.1 Å². The van der Waals surface area contributed by atoms with E-state index in [2.05, 4.69) is 5.32 Å². The number of amides is 1. The van der Waals surface area contributed by atoms with Gasteiger partial charge in [0.25, 0.3) is 0 Å². The molecule has 2 heterocycles. The number of fused-ring (bicyclic) bond motifs is 1. The van der Waals surface area contributed by atoms with E-state index in [1.54, 1.807) is 24.3 Å². The van der Waals surface area contributed by atoms with Gasteiger partial charge in [0.15, 0.2) is 0 Å². The molecule has 1 saturated carbocycles. The summed E-state index contributed by atoms with van der Waals surface area (Å²) in [5.74, 6) is -4.08. The number of anilines is 1. The number of hydrogen-bond donors (Lipinski definition) is 1. The van der Waals surface area contributed by atoms with Crippen LogP contribution in [0, 0.1) is 5.92 Å². The summed E-state index contributed by atoms with van der Waals surface area (Å²) in [6.45, 7) is 7.70. The number of carbonyl (C=O) groups is 1. The average Bonchev–Trinajstić information content (AvgIpc) is 3.21. The lowest BCUT2D eigenvalue weighted by Crippen LogP contribution is -2.46. The molecule has 0 unspecified atom stereocenters. The fourth-order valence-electron chi connectivity index (χ4n) is 5.87. The van der Waals surface area contributed by atoms with E-state index >= 15 is 0 Å². The Hall–Kier alpha value is -2.46. The number of rotatable bonds is 3. The topological polar surface area (TPSA) is 47.6 Å². The smallest absolute Gasteiger partial charge is 0.399 e. The molecular formula is C27H29BF5NO3. The van der Waals surface area contributed by atoms with Gasteiger partial charge in [0.2, 0.25) is 11.8 Å². The van der Waals surface area contributed by atoms with Gasteiger partial charge in [0.05, 0.1) is 22.5 Å². The Morgan fingerprint density at radius 2 is 1.49 bits per heavy atom. The van der Waals surface area contributed by atoms with Crippen LogP contribution in [-0.4, -0.2) is 30.2 Å². The van der Waals surface area contributed by atoms with E-state index in [1.165, 1.54) is 12.1 Å². The zero-order valence-electron chi connectivity index (χ0n) is 21.1. The largest absolute Gasteiger partial charge is 0.494 e. The molecule has 1 amide bonds. The quantitative estimate of drug-likeness (QED) is 0.394. The monoisotopic (exact) mass is 521 g/mol. The minimum Gasteiger partial charge on any atom is -0.399 e. The minimum absolute atomic E-state index is 0.00901. The normalized spacial score (nSPS) is 26.7. The molecule has 1 atom stereocenters. The van der Waals surface area contributed by atoms with Crippen molar-refractivity contribution in [1.29, 1.82) is 0 Å². The molecule has 2 aromatic carbocycles. The molecule has 198 valence electrons. The summed E-state index contributed by atoms with van der Waals surface area (Å²) in [5, 5.41) is 2.48. The number of halogens is 5. The standard InChI is InChI=1S/C27H29BF5NO3/c1-23(2)24(3,4)37-28(36-23)18-10-8-16(9-11-18)26(17-12-14-25(29,30)15-13-17)19-6-5-7-20(27(31,32)33)21(19)34-22(26)35/h5-11,17H,12-15H2,1-4H3,(H,34,35)/t26-/m1/s1. The average molecular weight is 521 g/mol. The van der Waals surface area contributed by atoms with Gasteiger partial charge in [-0.05, 0) is 69.1 Å². The van der Waals surface area contributed by atoms with Crippen molar-refractivity contribution >= 4 is 24.2 Å². The second-order valence-electron chi connectivity index (χ2n) is 11.3. The minimum atomic E-state index is -4.69. The van der Waals surface area contributed by atoms with E-state index in [0.717, 1.165) is 6.07 Å². The third kappa shape index (κ3) is 4.07. The van der Waals surface area contributed by atoms with Crippen LogP contribution in [0.25, 0.3) is 0 Å². The lowest BCUT2D eigenvalue weighted by atomic mass is 9.61. The predicted molar refractivity (Wildman–Crippen MR) is 130 cm³/mol. The van der Waals surface area contributed by atoms with Crippen molar-refractivity contribution in [1.82, 2.24) is 0 Å². The highest BCUT2D eigenvalue weighted by molar-refractivity contribution is 6.62. The van der Waals surface area contributed by atoms with Crippen LogP contribution in [0.1, 0.15) is 70.1 Å². The van der Waals surface area contributed by atoms with Crippen LogP contribution in [-0.2, 0) is 25.7 Å². The zero-order valence-corrected chi connectivity index (χ0v) is 21.1. The fourth-order valence-corrected chi connectivity index (χ4v) is 5.87. The molecule has 5 rings (SSSR count). The van der Waals surface area contributed by atoms with Gasteiger partial charge in [-0.1, -0.05) is 36.4 Å². The molecule has 2 fully saturated rings. The number of carbonyl (C=O) groups excluding carboxylic acids is 1. The number of benzene rings is 2.